The fraction of sp³-hybridized carbons (Fsp3) is 0.353. The van der Waals surface area contributed by atoms with Crippen LogP contribution in [0.25, 0.3) is 56.2 Å². The highest BCUT2D eigenvalue weighted by molar-refractivity contribution is 5.76. The summed E-state index contributed by atoms with van der Waals surface area (Å²) in [6.07, 6.45) is 25.2. The fourth-order valence-corrected chi connectivity index (χ4v) is 9.07. The maximum atomic E-state index is 6.38. The second-order valence-corrected chi connectivity index (χ2v) is 19.7. The van der Waals surface area contributed by atoms with Crippen LogP contribution in [-0.2, 0) is 0 Å². The summed E-state index contributed by atoms with van der Waals surface area (Å²) in [5, 5.41) is 0. The molecule has 0 aliphatic carbocycles. The quantitative estimate of drug-likeness (QED) is 0.0357. The molecule has 0 fully saturated rings. The first-order valence-corrected chi connectivity index (χ1v) is 28.6. The van der Waals surface area contributed by atoms with Gasteiger partial charge in [-0.2, -0.15) is 0 Å². The van der Waals surface area contributed by atoms with Gasteiger partial charge >= 0.3 is 0 Å². The molecular weight excluding hydrogens is 969 g/mol. The van der Waals surface area contributed by atoms with Crippen molar-refractivity contribution in [1.29, 1.82) is 0 Å². The van der Waals surface area contributed by atoms with E-state index in [-0.39, 0.29) is 0 Å². The minimum absolute atomic E-state index is 0.652. The largest absolute Gasteiger partial charge is 0.494 e. The Bertz CT molecular complexity index is 2710. The van der Waals surface area contributed by atoms with Crippen LogP contribution in [0.4, 0.5) is 0 Å². The van der Waals surface area contributed by atoms with Crippen molar-refractivity contribution < 1.29 is 28.4 Å². The van der Waals surface area contributed by atoms with Crippen molar-refractivity contribution in [3.8, 4) is 90.7 Å². The first-order chi connectivity index (χ1) is 38.6. The highest BCUT2D eigenvalue weighted by atomic mass is 16.5. The van der Waals surface area contributed by atoms with E-state index in [1.165, 1.54) is 38.5 Å². The maximum absolute atomic E-state index is 6.38. The maximum Gasteiger partial charge on any atom is 0.159 e. The summed E-state index contributed by atoms with van der Waals surface area (Å²) in [6, 6.07) is 48.9. The van der Waals surface area contributed by atoms with Crippen molar-refractivity contribution in [1.82, 2.24) is 19.9 Å². The summed E-state index contributed by atoms with van der Waals surface area (Å²) in [5.74, 6) is 6.63. The number of benzene rings is 6. The van der Waals surface area contributed by atoms with Gasteiger partial charge in [-0.15, -0.1) is 0 Å². The van der Waals surface area contributed by atoms with Crippen LogP contribution in [0.1, 0.15) is 117 Å². The van der Waals surface area contributed by atoms with Crippen LogP contribution in [0.5, 0.6) is 34.5 Å². The average Bonchev–Trinajstić information content (AvgIpc) is 3.50. The van der Waals surface area contributed by atoms with Crippen molar-refractivity contribution >= 4 is 0 Å². The second-order valence-electron chi connectivity index (χ2n) is 19.7. The summed E-state index contributed by atoms with van der Waals surface area (Å²) < 4.78 is 36.7. The standard InChI is InChI=1S/C68H78N4O6/c1-3-5-7-17-43-73-61-39-31-55(32-40-61)67-69-49-57(50-70-67)53-27-35-59(36-28-53)75-45-19-9-11-21-47-77-65-25-15-13-23-63(65)64-24-14-16-26-66(64)78-48-22-12-10-20-46-76-60-37-29-54(30-38-60)58-51-71-68(72-52-58)56-33-41-62(42-34-56)74-44-18-8-6-4-2/h13-16,23-42,49-52H,3-12,17-22,43-48H2,1-2H3. The Hall–Kier alpha value is -7.72. The molecule has 8 rings (SSSR count). The molecule has 0 unspecified atom stereocenters. The molecule has 406 valence electrons. The Morgan fingerprint density at radius 1 is 0.256 bits per heavy atom. The van der Waals surface area contributed by atoms with E-state index in [0.717, 1.165) is 156 Å². The van der Waals surface area contributed by atoms with Crippen molar-refractivity contribution in [2.24, 2.45) is 0 Å². The lowest BCUT2D eigenvalue weighted by Gasteiger charge is -2.15. The SMILES string of the molecule is CCCCCCOc1ccc(-c2ncc(-c3ccc(OCCCCCCOc4ccccc4-c4ccccc4OCCCCCCOc4ccc(-c5cnc(-c6ccc(OCCCCCC)cc6)nc5)cc4)cc3)cn2)cc1. The van der Waals surface area contributed by atoms with Gasteiger partial charge in [0.15, 0.2) is 11.6 Å². The zero-order valence-electron chi connectivity index (χ0n) is 46.0. The Kier molecular flexibility index (Phi) is 23.3. The molecule has 2 aromatic heterocycles. The number of ether oxygens (including phenoxy) is 6. The molecule has 8 aromatic rings. The Morgan fingerprint density at radius 2 is 0.526 bits per heavy atom. The summed E-state index contributed by atoms with van der Waals surface area (Å²) in [4.78, 5) is 18.6. The number of aromatic nitrogens is 4. The molecule has 6 aromatic carbocycles. The smallest absolute Gasteiger partial charge is 0.159 e. The van der Waals surface area contributed by atoms with E-state index in [4.69, 9.17) is 28.4 Å². The van der Waals surface area contributed by atoms with Crippen LogP contribution < -0.4 is 28.4 Å². The van der Waals surface area contributed by atoms with Crippen LogP contribution in [-0.4, -0.2) is 59.6 Å². The molecular formula is C68H78N4O6. The molecule has 0 aliphatic heterocycles. The predicted octanol–water partition coefficient (Wildman–Crippen LogP) is 17.6. The number of hydrogen-bond donors (Lipinski definition) is 0. The number of rotatable bonds is 35. The zero-order valence-corrected chi connectivity index (χ0v) is 46.0. The van der Waals surface area contributed by atoms with E-state index >= 15 is 0 Å². The van der Waals surface area contributed by atoms with Gasteiger partial charge in [0.1, 0.15) is 34.5 Å². The van der Waals surface area contributed by atoms with E-state index in [9.17, 15) is 0 Å². The van der Waals surface area contributed by atoms with E-state index in [0.29, 0.717) is 38.1 Å². The van der Waals surface area contributed by atoms with E-state index in [2.05, 4.69) is 94.4 Å². The summed E-state index contributed by atoms with van der Waals surface area (Å²) in [6.45, 7) is 8.59. The van der Waals surface area contributed by atoms with Crippen molar-refractivity contribution in [3.63, 3.8) is 0 Å². The molecule has 0 saturated carbocycles. The van der Waals surface area contributed by atoms with Gasteiger partial charge in [-0.25, -0.2) is 19.9 Å². The van der Waals surface area contributed by atoms with Crippen molar-refractivity contribution in [2.45, 2.75) is 117 Å². The lowest BCUT2D eigenvalue weighted by atomic mass is 10.0. The highest BCUT2D eigenvalue weighted by Gasteiger charge is 2.13. The number of para-hydroxylation sites is 2. The lowest BCUT2D eigenvalue weighted by Crippen LogP contribution is -2.02. The predicted molar refractivity (Wildman–Crippen MR) is 316 cm³/mol. The van der Waals surface area contributed by atoms with Gasteiger partial charge < -0.3 is 28.4 Å². The molecule has 78 heavy (non-hydrogen) atoms. The molecule has 0 radical (unpaired) electrons. The topological polar surface area (TPSA) is 107 Å². The third-order valence-corrected chi connectivity index (χ3v) is 13.6. The van der Waals surface area contributed by atoms with Gasteiger partial charge in [0, 0.05) is 58.2 Å². The fourth-order valence-electron chi connectivity index (χ4n) is 9.07. The van der Waals surface area contributed by atoms with E-state index in [1.54, 1.807) is 0 Å². The van der Waals surface area contributed by atoms with Crippen LogP contribution in [0.3, 0.4) is 0 Å². The molecule has 10 nitrogen and oxygen atoms in total. The van der Waals surface area contributed by atoms with Crippen LogP contribution >= 0.6 is 0 Å². The number of hydrogen-bond acceptors (Lipinski definition) is 10. The van der Waals surface area contributed by atoms with Gasteiger partial charge in [-0.3, -0.25) is 0 Å². The second kappa shape index (κ2) is 32.1. The average molecular weight is 1050 g/mol. The zero-order chi connectivity index (χ0) is 53.7. The van der Waals surface area contributed by atoms with E-state index < -0.39 is 0 Å². The minimum Gasteiger partial charge on any atom is -0.494 e. The van der Waals surface area contributed by atoms with Crippen molar-refractivity contribution in [3.05, 3.63) is 170 Å². The van der Waals surface area contributed by atoms with Crippen LogP contribution in [0.15, 0.2) is 170 Å². The first kappa shape index (κ1) is 56.5. The molecule has 0 atom stereocenters. The number of nitrogens with zero attached hydrogens (tertiary/aromatic N) is 4. The normalized spacial score (nSPS) is 11.1. The van der Waals surface area contributed by atoms with Crippen LogP contribution in [0.2, 0.25) is 0 Å². The van der Waals surface area contributed by atoms with Gasteiger partial charge in [0.2, 0.25) is 0 Å². The molecule has 10 heteroatoms. The molecule has 0 bridgehead atoms. The summed E-state index contributed by atoms with van der Waals surface area (Å²) in [7, 11) is 0. The van der Waals surface area contributed by atoms with Gasteiger partial charge in [0.05, 0.1) is 39.6 Å². The Labute approximate surface area is 463 Å². The van der Waals surface area contributed by atoms with Crippen molar-refractivity contribution in [2.75, 3.05) is 39.6 Å². The van der Waals surface area contributed by atoms with Gasteiger partial charge in [-0.1, -0.05) is 113 Å². The number of unbranched alkanes of at least 4 members (excludes halogenated alkanes) is 12. The minimum atomic E-state index is 0.652. The molecule has 0 N–H and O–H groups in total. The lowest BCUT2D eigenvalue weighted by molar-refractivity contribution is 0.286. The third-order valence-electron chi connectivity index (χ3n) is 13.6. The molecule has 2 heterocycles. The van der Waals surface area contributed by atoms with E-state index in [1.807, 2.05) is 110 Å². The van der Waals surface area contributed by atoms with Crippen LogP contribution in [0, 0.1) is 0 Å². The monoisotopic (exact) mass is 1050 g/mol. The summed E-state index contributed by atoms with van der Waals surface area (Å²) >= 11 is 0. The highest BCUT2D eigenvalue weighted by Crippen LogP contribution is 2.37. The molecule has 0 saturated heterocycles. The van der Waals surface area contributed by atoms with Gasteiger partial charge in [-0.05, 0) is 160 Å². The third kappa shape index (κ3) is 18.2. The summed E-state index contributed by atoms with van der Waals surface area (Å²) in [5.41, 5.74) is 8.06. The molecule has 0 amide bonds. The van der Waals surface area contributed by atoms with Gasteiger partial charge in [0.25, 0.3) is 0 Å². The molecule has 0 spiro atoms. The molecule has 0 aliphatic rings. The Morgan fingerprint density at radius 3 is 0.833 bits per heavy atom. The first-order valence-electron chi connectivity index (χ1n) is 28.6. The Balaban J connectivity index is 0.670.